The molecule has 0 spiro atoms. The minimum Gasteiger partial charge on any atom is -0.294 e. The molecule has 0 unspecified atom stereocenters. The van der Waals surface area contributed by atoms with Crippen molar-refractivity contribution in [1.29, 1.82) is 0 Å². The molecule has 1 nitrogen and oxygen atoms in total. The predicted octanol–water partition coefficient (Wildman–Crippen LogP) is 4.16. The topological polar surface area (TPSA) is 17.1 Å². The average molecular weight is 268 g/mol. The molecule has 2 heteroatoms. The lowest BCUT2D eigenvalue weighted by atomic mass is 9.99. The van der Waals surface area contributed by atoms with Crippen molar-refractivity contribution >= 4 is 23.4 Å². The molecule has 0 radical (unpaired) electrons. The van der Waals surface area contributed by atoms with Crippen molar-refractivity contribution in [2.75, 3.05) is 0 Å². The molecular weight excluding hydrogens is 252 g/mol. The van der Waals surface area contributed by atoms with Gasteiger partial charge in [0.2, 0.25) is 0 Å². The smallest absolute Gasteiger partial charge is 0.163 e. The zero-order valence-electron chi connectivity index (χ0n) is 10.9. The molecule has 2 rings (SSSR count). The van der Waals surface area contributed by atoms with Crippen LogP contribution in [0.3, 0.4) is 0 Å². The summed E-state index contributed by atoms with van der Waals surface area (Å²) in [4.78, 5) is 12.1. The van der Waals surface area contributed by atoms with Crippen molar-refractivity contribution in [3.8, 4) is 0 Å². The van der Waals surface area contributed by atoms with Crippen LogP contribution in [-0.4, -0.2) is 11.2 Å². The maximum absolute atomic E-state index is 12.1. The summed E-state index contributed by atoms with van der Waals surface area (Å²) in [6.07, 6.45) is 1.25. The van der Waals surface area contributed by atoms with Crippen LogP contribution >= 0.6 is 12.2 Å². The van der Waals surface area contributed by atoms with Gasteiger partial charge in [-0.2, -0.15) is 0 Å². The molecule has 0 aliphatic rings. The molecule has 0 atom stereocenters. The lowest BCUT2D eigenvalue weighted by Crippen LogP contribution is -2.02. The number of benzene rings is 2. The minimum absolute atomic E-state index is 0.180. The van der Waals surface area contributed by atoms with Crippen molar-refractivity contribution in [3.05, 3.63) is 70.8 Å². The number of rotatable bonds is 5. The standard InChI is InChI=1S/C17H16OS/c1-13-6-8-15(9-7-13)17(18)11-10-14-4-2-3-5-16(14)12-19/h2-9,12H,10-11H2,1H3. The van der Waals surface area contributed by atoms with Crippen LogP contribution in [0.1, 0.15) is 33.5 Å². The third-order valence-corrected chi connectivity index (χ3v) is 3.43. The van der Waals surface area contributed by atoms with Gasteiger partial charge in [-0.05, 0) is 24.5 Å². The molecule has 0 aliphatic heterocycles. The molecule has 0 amide bonds. The molecule has 0 N–H and O–H groups in total. The molecule has 19 heavy (non-hydrogen) atoms. The third-order valence-electron chi connectivity index (χ3n) is 3.18. The van der Waals surface area contributed by atoms with Gasteiger partial charge in [0.15, 0.2) is 5.78 Å². The van der Waals surface area contributed by atoms with E-state index in [1.165, 1.54) is 5.56 Å². The van der Waals surface area contributed by atoms with Crippen LogP contribution in [0.15, 0.2) is 48.5 Å². The molecule has 0 heterocycles. The summed E-state index contributed by atoms with van der Waals surface area (Å²) in [5, 5.41) is 1.67. The monoisotopic (exact) mass is 268 g/mol. The summed E-state index contributed by atoms with van der Waals surface area (Å²) in [5.41, 5.74) is 4.13. The van der Waals surface area contributed by atoms with E-state index in [4.69, 9.17) is 12.2 Å². The Labute approximate surface area is 119 Å². The molecule has 0 saturated carbocycles. The molecule has 0 bridgehead atoms. The van der Waals surface area contributed by atoms with E-state index >= 15 is 0 Å². The summed E-state index contributed by atoms with van der Waals surface area (Å²) < 4.78 is 0. The first-order valence-electron chi connectivity index (χ1n) is 6.33. The fraction of sp³-hybridized carbons (Fsp3) is 0.176. The van der Waals surface area contributed by atoms with E-state index in [9.17, 15) is 4.79 Å². The fourth-order valence-electron chi connectivity index (χ4n) is 2.01. The van der Waals surface area contributed by atoms with Crippen LogP contribution in [-0.2, 0) is 6.42 Å². The number of hydrogen-bond donors (Lipinski definition) is 0. The third kappa shape index (κ3) is 3.58. The van der Waals surface area contributed by atoms with Crippen LogP contribution in [0, 0.1) is 6.92 Å². The van der Waals surface area contributed by atoms with Gasteiger partial charge >= 0.3 is 0 Å². The minimum atomic E-state index is 0.180. The van der Waals surface area contributed by atoms with E-state index in [2.05, 4.69) is 0 Å². The summed E-state index contributed by atoms with van der Waals surface area (Å²) in [7, 11) is 0. The Morgan fingerprint density at radius 3 is 2.47 bits per heavy atom. The number of ketones is 1. The van der Waals surface area contributed by atoms with E-state index in [1.807, 2.05) is 55.5 Å². The van der Waals surface area contributed by atoms with Crippen molar-refractivity contribution < 1.29 is 4.79 Å². The molecular formula is C17H16OS. The summed E-state index contributed by atoms with van der Waals surface area (Å²) in [6.45, 7) is 2.02. The largest absolute Gasteiger partial charge is 0.294 e. The molecule has 0 fully saturated rings. The highest BCUT2D eigenvalue weighted by molar-refractivity contribution is 7.79. The first-order valence-corrected chi connectivity index (χ1v) is 6.81. The van der Waals surface area contributed by atoms with E-state index in [-0.39, 0.29) is 5.78 Å². The second kappa shape index (κ2) is 6.39. The Morgan fingerprint density at radius 1 is 1.11 bits per heavy atom. The van der Waals surface area contributed by atoms with E-state index in [1.54, 1.807) is 5.37 Å². The van der Waals surface area contributed by atoms with Crippen LogP contribution in [0.2, 0.25) is 0 Å². The lowest BCUT2D eigenvalue weighted by Gasteiger charge is -2.05. The highest BCUT2D eigenvalue weighted by atomic mass is 32.1. The molecule has 0 aromatic heterocycles. The van der Waals surface area contributed by atoms with Crippen molar-refractivity contribution in [3.63, 3.8) is 0 Å². The second-order valence-corrected chi connectivity index (χ2v) is 4.84. The van der Waals surface area contributed by atoms with E-state index in [0.717, 1.165) is 23.1 Å². The van der Waals surface area contributed by atoms with Gasteiger partial charge in [0, 0.05) is 17.4 Å². The highest BCUT2D eigenvalue weighted by Crippen LogP contribution is 2.12. The van der Waals surface area contributed by atoms with Crippen LogP contribution < -0.4 is 0 Å². The normalized spacial score (nSPS) is 10.2. The Bertz CT molecular complexity index is 584. The van der Waals surface area contributed by atoms with Gasteiger partial charge in [0.25, 0.3) is 0 Å². The van der Waals surface area contributed by atoms with Gasteiger partial charge in [-0.15, -0.1) is 0 Å². The van der Waals surface area contributed by atoms with Crippen LogP contribution in [0.4, 0.5) is 0 Å². The summed E-state index contributed by atoms with van der Waals surface area (Å²) in [5.74, 6) is 0.180. The predicted molar refractivity (Wildman–Crippen MR) is 83.0 cm³/mol. The van der Waals surface area contributed by atoms with Crippen molar-refractivity contribution in [1.82, 2.24) is 0 Å². The molecule has 96 valence electrons. The summed E-state index contributed by atoms with van der Waals surface area (Å²) in [6, 6.07) is 15.7. The zero-order valence-corrected chi connectivity index (χ0v) is 11.7. The Balaban J connectivity index is 2.04. The number of carbonyl (C=O) groups excluding carboxylic acids is 1. The van der Waals surface area contributed by atoms with E-state index < -0.39 is 0 Å². The number of hydrogen-bond acceptors (Lipinski definition) is 2. The lowest BCUT2D eigenvalue weighted by molar-refractivity contribution is 0.0983. The molecule has 0 saturated heterocycles. The maximum Gasteiger partial charge on any atom is 0.163 e. The number of aryl methyl sites for hydroxylation is 2. The van der Waals surface area contributed by atoms with Gasteiger partial charge in [0.1, 0.15) is 0 Å². The zero-order chi connectivity index (χ0) is 13.7. The van der Waals surface area contributed by atoms with Crippen LogP contribution in [0.25, 0.3) is 0 Å². The van der Waals surface area contributed by atoms with Crippen molar-refractivity contribution in [2.24, 2.45) is 0 Å². The maximum atomic E-state index is 12.1. The van der Waals surface area contributed by atoms with E-state index in [0.29, 0.717) is 6.42 Å². The molecule has 0 aliphatic carbocycles. The molecule has 2 aromatic carbocycles. The van der Waals surface area contributed by atoms with Gasteiger partial charge in [0.05, 0.1) is 0 Å². The Kier molecular flexibility index (Phi) is 4.58. The van der Waals surface area contributed by atoms with Crippen LogP contribution in [0.5, 0.6) is 0 Å². The van der Waals surface area contributed by atoms with Gasteiger partial charge < -0.3 is 0 Å². The first kappa shape index (κ1) is 13.6. The number of carbonyl (C=O) groups is 1. The summed E-state index contributed by atoms with van der Waals surface area (Å²) >= 11 is 4.98. The quantitative estimate of drug-likeness (QED) is 0.598. The van der Waals surface area contributed by atoms with Gasteiger partial charge in [-0.3, -0.25) is 4.79 Å². The first-order chi connectivity index (χ1) is 9.20. The fourth-order valence-corrected chi connectivity index (χ4v) is 2.24. The SMILES string of the molecule is Cc1ccc(C(=O)CCc2ccccc2C=S)cc1. The Hall–Kier alpha value is -1.80. The van der Waals surface area contributed by atoms with Gasteiger partial charge in [-0.25, -0.2) is 0 Å². The Morgan fingerprint density at radius 2 is 1.79 bits per heavy atom. The second-order valence-electron chi connectivity index (χ2n) is 4.61. The van der Waals surface area contributed by atoms with Crippen molar-refractivity contribution in [2.45, 2.75) is 19.8 Å². The average Bonchev–Trinajstić information content (AvgIpc) is 2.45. The highest BCUT2D eigenvalue weighted by Gasteiger charge is 2.07. The van der Waals surface area contributed by atoms with Gasteiger partial charge in [-0.1, -0.05) is 66.3 Å². The molecule has 2 aromatic rings. The number of thiocarbonyl (C=S) groups is 1. The number of Topliss-reactive ketones (excluding diaryl/α,β-unsaturated/α-hetero) is 1.